The quantitative estimate of drug-likeness (QED) is 0.500. The van der Waals surface area contributed by atoms with E-state index in [4.69, 9.17) is 0 Å². The normalized spacial score (nSPS) is 39.1. The second-order valence-electron chi connectivity index (χ2n) is 11.0. The van der Waals surface area contributed by atoms with Gasteiger partial charge in [-0.1, -0.05) is 81.4 Å². The number of rotatable bonds is 2. The molecule has 3 aliphatic rings. The Labute approximate surface area is 140 Å². The van der Waals surface area contributed by atoms with E-state index in [0.717, 1.165) is 47.3 Å². The predicted octanol–water partition coefficient (Wildman–Crippen LogP) is 6.67. The highest BCUT2D eigenvalue weighted by Crippen LogP contribution is 2.63. The Morgan fingerprint density at radius 1 is 0.591 bits per heavy atom. The molecule has 0 heterocycles. The monoisotopic (exact) mass is 304 g/mol. The van der Waals surface area contributed by atoms with Crippen LogP contribution in [0.1, 0.15) is 69.2 Å². The molecular weight excluding hydrogens is 264 g/mol. The van der Waals surface area contributed by atoms with Crippen LogP contribution < -0.4 is 0 Å². The minimum Gasteiger partial charge on any atom is -0.0845 e. The molecule has 3 aliphatic carbocycles. The number of allylic oxidation sites excluding steroid dienone is 2. The van der Waals surface area contributed by atoms with Gasteiger partial charge in [-0.2, -0.15) is 0 Å². The average Bonchev–Trinajstić information content (AvgIpc) is 2.34. The maximum atomic E-state index is 2.62. The van der Waals surface area contributed by atoms with Crippen molar-refractivity contribution in [3.05, 3.63) is 12.2 Å². The Bertz CT molecular complexity index is 378. The predicted molar refractivity (Wildman–Crippen MR) is 98.7 cm³/mol. The maximum Gasteiger partial charge on any atom is -0.0161 e. The zero-order valence-electron chi connectivity index (χ0n) is 16.8. The molecule has 4 atom stereocenters. The number of fused-ring (bicyclic) bond motifs is 2. The highest BCUT2D eigenvalue weighted by molar-refractivity contribution is 5.19. The van der Waals surface area contributed by atoms with Crippen LogP contribution in [-0.4, -0.2) is 0 Å². The van der Waals surface area contributed by atoms with Gasteiger partial charge in [-0.3, -0.25) is 0 Å². The topological polar surface area (TPSA) is 0 Å². The van der Waals surface area contributed by atoms with Crippen molar-refractivity contribution in [3.63, 3.8) is 0 Å². The van der Waals surface area contributed by atoms with Gasteiger partial charge in [-0.15, -0.1) is 0 Å². The van der Waals surface area contributed by atoms with Crippen molar-refractivity contribution in [2.75, 3.05) is 0 Å². The van der Waals surface area contributed by atoms with E-state index in [1.165, 1.54) is 0 Å². The smallest absolute Gasteiger partial charge is 0.0161 e. The Hall–Kier alpha value is -0.260. The molecule has 0 spiro atoms. The van der Waals surface area contributed by atoms with E-state index in [9.17, 15) is 0 Å². The van der Waals surface area contributed by atoms with E-state index >= 15 is 0 Å². The molecule has 3 rings (SSSR count). The van der Waals surface area contributed by atoms with Crippen molar-refractivity contribution >= 4 is 0 Å². The van der Waals surface area contributed by atoms with Gasteiger partial charge in [0.05, 0.1) is 0 Å². The molecule has 0 saturated heterocycles. The van der Waals surface area contributed by atoms with E-state index < -0.39 is 0 Å². The molecule has 0 aromatic carbocycles. The van der Waals surface area contributed by atoms with E-state index in [2.05, 4.69) is 81.4 Å². The molecule has 0 aromatic rings. The van der Waals surface area contributed by atoms with E-state index in [1.54, 1.807) is 0 Å². The van der Waals surface area contributed by atoms with Gasteiger partial charge in [0, 0.05) is 0 Å². The van der Waals surface area contributed by atoms with Crippen molar-refractivity contribution in [1.29, 1.82) is 0 Å². The summed E-state index contributed by atoms with van der Waals surface area (Å²) in [6.45, 7) is 24.7. The van der Waals surface area contributed by atoms with E-state index in [1.807, 2.05) is 0 Å². The van der Waals surface area contributed by atoms with E-state index in [-0.39, 0.29) is 0 Å². The molecule has 0 heteroatoms. The largest absolute Gasteiger partial charge is 0.0845 e. The van der Waals surface area contributed by atoms with Gasteiger partial charge < -0.3 is 0 Å². The van der Waals surface area contributed by atoms with Crippen LogP contribution in [0.2, 0.25) is 0 Å². The fourth-order valence-electron chi connectivity index (χ4n) is 6.25. The molecule has 0 amide bonds. The van der Waals surface area contributed by atoms with Gasteiger partial charge in [-0.25, -0.2) is 0 Å². The molecule has 0 radical (unpaired) electrons. The van der Waals surface area contributed by atoms with Gasteiger partial charge in [0.15, 0.2) is 0 Å². The molecule has 1 saturated carbocycles. The Balaban J connectivity index is 2.56. The molecule has 2 bridgehead atoms. The van der Waals surface area contributed by atoms with E-state index in [0.29, 0.717) is 10.8 Å². The summed E-state index contributed by atoms with van der Waals surface area (Å²) in [6, 6.07) is 0. The Kier molecular flexibility index (Phi) is 4.66. The molecule has 0 nitrogen and oxygen atoms in total. The highest BCUT2D eigenvalue weighted by Gasteiger charge is 2.57. The van der Waals surface area contributed by atoms with Crippen molar-refractivity contribution in [3.8, 4) is 0 Å². The first-order chi connectivity index (χ1) is 9.87. The first-order valence-corrected chi connectivity index (χ1v) is 9.55. The van der Waals surface area contributed by atoms with Gasteiger partial charge in [0.25, 0.3) is 0 Å². The van der Waals surface area contributed by atoms with Crippen LogP contribution in [0.15, 0.2) is 12.2 Å². The summed E-state index contributed by atoms with van der Waals surface area (Å²) >= 11 is 0. The van der Waals surface area contributed by atoms with Gasteiger partial charge in [0.2, 0.25) is 0 Å². The van der Waals surface area contributed by atoms with Crippen LogP contribution in [-0.2, 0) is 0 Å². The molecule has 22 heavy (non-hydrogen) atoms. The standard InChI is InChI=1S/C22H40/c1-13(2)17-15-11-12-16(19(17)21(5,6)7)20(22(8,9)10)18(15)14(3)4/h11-20H,1-10H3. The highest BCUT2D eigenvalue weighted by atomic mass is 14.6. The maximum absolute atomic E-state index is 2.62. The summed E-state index contributed by atoms with van der Waals surface area (Å²) in [4.78, 5) is 0. The molecular formula is C22H40. The fourth-order valence-corrected chi connectivity index (χ4v) is 6.25. The summed E-state index contributed by atoms with van der Waals surface area (Å²) in [5.74, 6) is 6.43. The zero-order chi connectivity index (χ0) is 17.0. The first-order valence-electron chi connectivity index (χ1n) is 9.55. The molecule has 4 unspecified atom stereocenters. The lowest BCUT2D eigenvalue weighted by atomic mass is 9.42. The van der Waals surface area contributed by atoms with Gasteiger partial charge in [0.1, 0.15) is 0 Å². The van der Waals surface area contributed by atoms with Crippen LogP contribution in [0.3, 0.4) is 0 Å². The van der Waals surface area contributed by atoms with Crippen LogP contribution in [0, 0.1) is 58.2 Å². The summed E-state index contributed by atoms with van der Waals surface area (Å²) < 4.78 is 0. The van der Waals surface area contributed by atoms with Gasteiger partial charge >= 0.3 is 0 Å². The second-order valence-corrected chi connectivity index (χ2v) is 11.0. The van der Waals surface area contributed by atoms with Crippen molar-refractivity contribution < 1.29 is 0 Å². The SMILES string of the molecule is CC(C)C1C2C=CC(C1C(C)(C)C)C(C(C)(C)C)C2C(C)C. The lowest BCUT2D eigenvalue weighted by Gasteiger charge is -2.63. The second kappa shape index (κ2) is 5.67. The third kappa shape index (κ3) is 2.92. The fraction of sp³-hybridized carbons (Fsp3) is 0.909. The van der Waals surface area contributed by atoms with Crippen LogP contribution >= 0.6 is 0 Å². The zero-order valence-corrected chi connectivity index (χ0v) is 16.8. The first kappa shape index (κ1) is 18.1. The van der Waals surface area contributed by atoms with Gasteiger partial charge in [-0.05, 0) is 58.2 Å². The third-order valence-electron chi connectivity index (χ3n) is 6.64. The summed E-state index contributed by atoms with van der Waals surface area (Å²) in [6.07, 6.45) is 5.23. The Morgan fingerprint density at radius 3 is 1.18 bits per heavy atom. The molecule has 0 aromatic heterocycles. The average molecular weight is 305 g/mol. The lowest BCUT2D eigenvalue weighted by Crippen LogP contribution is -2.57. The van der Waals surface area contributed by atoms with Crippen molar-refractivity contribution in [2.45, 2.75) is 69.2 Å². The lowest BCUT2D eigenvalue weighted by molar-refractivity contribution is -0.113. The number of hydrogen-bond acceptors (Lipinski definition) is 0. The molecule has 128 valence electrons. The van der Waals surface area contributed by atoms with Crippen LogP contribution in [0.4, 0.5) is 0 Å². The van der Waals surface area contributed by atoms with Crippen LogP contribution in [0.25, 0.3) is 0 Å². The minimum atomic E-state index is 0.397. The van der Waals surface area contributed by atoms with Crippen LogP contribution in [0.5, 0.6) is 0 Å². The minimum absolute atomic E-state index is 0.397. The summed E-state index contributed by atoms with van der Waals surface area (Å²) in [5, 5.41) is 0. The molecule has 0 aliphatic heterocycles. The molecule has 0 N–H and O–H groups in total. The van der Waals surface area contributed by atoms with Crippen molar-refractivity contribution in [1.82, 2.24) is 0 Å². The summed E-state index contributed by atoms with van der Waals surface area (Å²) in [5.41, 5.74) is 0.794. The Morgan fingerprint density at radius 2 is 0.909 bits per heavy atom. The van der Waals surface area contributed by atoms with Crippen molar-refractivity contribution in [2.24, 2.45) is 58.2 Å². The summed E-state index contributed by atoms with van der Waals surface area (Å²) in [7, 11) is 0. The number of hydrogen-bond donors (Lipinski definition) is 0. The molecule has 1 fully saturated rings. The third-order valence-corrected chi connectivity index (χ3v) is 6.64.